The number of nitrogens with zero attached hydrogens (tertiary/aromatic N) is 3. The smallest absolute Gasteiger partial charge is 0.191 e. The van der Waals surface area contributed by atoms with E-state index in [-0.39, 0.29) is 5.82 Å². The lowest BCUT2D eigenvalue weighted by Gasteiger charge is -2.14. The van der Waals surface area contributed by atoms with E-state index < -0.39 is 0 Å². The molecule has 1 aromatic heterocycles. The van der Waals surface area contributed by atoms with Crippen LogP contribution in [0.5, 0.6) is 0 Å². The van der Waals surface area contributed by atoms with E-state index in [0.29, 0.717) is 10.8 Å². The van der Waals surface area contributed by atoms with Gasteiger partial charge in [-0.1, -0.05) is 35.5 Å². The molecule has 2 heterocycles. The van der Waals surface area contributed by atoms with Crippen molar-refractivity contribution in [2.75, 3.05) is 5.75 Å². The van der Waals surface area contributed by atoms with Crippen LogP contribution in [0.2, 0.25) is 5.02 Å². The fourth-order valence-electron chi connectivity index (χ4n) is 2.41. The zero-order chi connectivity index (χ0) is 15.8. The zero-order valence-electron chi connectivity index (χ0n) is 11.9. The average molecular weight is 344 g/mol. The van der Waals surface area contributed by atoms with Crippen LogP contribution >= 0.6 is 23.4 Å². The first-order valence-corrected chi connectivity index (χ1v) is 8.39. The topological polar surface area (TPSA) is 30.7 Å². The van der Waals surface area contributed by atoms with Crippen molar-refractivity contribution in [2.45, 2.75) is 5.16 Å². The molecule has 0 fully saturated rings. The molecule has 0 spiro atoms. The van der Waals surface area contributed by atoms with E-state index >= 15 is 0 Å². The molecular formula is C17H11ClFN3S. The maximum atomic E-state index is 13.1. The maximum absolute atomic E-state index is 13.1. The molecule has 4 rings (SSSR count). The van der Waals surface area contributed by atoms with Crippen molar-refractivity contribution in [3.8, 4) is 11.4 Å². The summed E-state index contributed by atoms with van der Waals surface area (Å²) in [5.74, 6) is 1.16. The van der Waals surface area contributed by atoms with E-state index in [1.807, 2.05) is 28.9 Å². The lowest BCUT2D eigenvalue weighted by molar-refractivity contribution is 0.628. The van der Waals surface area contributed by atoms with Crippen molar-refractivity contribution in [3.63, 3.8) is 0 Å². The van der Waals surface area contributed by atoms with Crippen LogP contribution < -0.4 is 0 Å². The summed E-state index contributed by atoms with van der Waals surface area (Å²) in [5.41, 5.74) is 2.81. The molecule has 0 unspecified atom stereocenters. The van der Waals surface area contributed by atoms with Crippen LogP contribution in [0.15, 0.2) is 59.8 Å². The van der Waals surface area contributed by atoms with Gasteiger partial charge in [0, 0.05) is 21.9 Å². The second kappa shape index (κ2) is 5.83. The Bertz CT molecular complexity index is 885. The van der Waals surface area contributed by atoms with Gasteiger partial charge >= 0.3 is 0 Å². The SMILES string of the molecule is Fc1ccc(-c2nc3n(n2)C(c2ccc(Cl)cc2)=CCS3)cc1. The number of benzene rings is 2. The monoisotopic (exact) mass is 343 g/mol. The molecule has 3 aromatic rings. The highest BCUT2D eigenvalue weighted by Crippen LogP contribution is 2.31. The third kappa shape index (κ3) is 2.78. The minimum atomic E-state index is -0.270. The van der Waals surface area contributed by atoms with E-state index in [1.165, 1.54) is 12.1 Å². The fraction of sp³-hybridized carbons (Fsp3) is 0.0588. The number of fused-ring (bicyclic) bond motifs is 1. The summed E-state index contributed by atoms with van der Waals surface area (Å²) in [6, 6.07) is 13.9. The second-order valence-electron chi connectivity index (χ2n) is 5.04. The summed E-state index contributed by atoms with van der Waals surface area (Å²) in [4.78, 5) is 4.57. The number of halogens is 2. The molecule has 0 saturated carbocycles. The van der Waals surface area contributed by atoms with Crippen molar-refractivity contribution in [3.05, 3.63) is 71.0 Å². The maximum Gasteiger partial charge on any atom is 0.191 e. The van der Waals surface area contributed by atoms with Crippen molar-refractivity contribution >= 4 is 29.1 Å². The molecule has 0 amide bonds. The molecule has 0 saturated heterocycles. The van der Waals surface area contributed by atoms with E-state index in [9.17, 15) is 4.39 Å². The molecule has 0 bridgehead atoms. The summed E-state index contributed by atoms with van der Waals surface area (Å²) in [7, 11) is 0. The van der Waals surface area contributed by atoms with Crippen LogP contribution in [0.25, 0.3) is 17.1 Å². The highest BCUT2D eigenvalue weighted by Gasteiger charge is 2.19. The van der Waals surface area contributed by atoms with Crippen LogP contribution in [0.3, 0.4) is 0 Å². The van der Waals surface area contributed by atoms with Gasteiger partial charge in [0.05, 0.1) is 5.70 Å². The Labute approximate surface area is 141 Å². The number of hydrogen-bond donors (Lipinski definition) is 0. The van der Waals surface area contributed by atoms with Crippen LogP contribution in [0, 0.1) is 5.82 Å². The quantitative estimate of drug-likeness (QED) is 0.673. The number of thioether (sulfide) groups is 1. The molecule has 0 radical (unpaired) electrons. The summed E-state index contributed by atoms with van der Waals surface area (Å²) in [6.07, 6.45) is 2.12. The highest BCUT2D eigenvalue weighted by molar-refractivity contribution is 7.99. The Morgan fingerprint density at radius 2 is 1.70 bits per heavy atom. The van der Waals surface area contributed by atoms with Gasteiger partial charge in [0.15, 0.2) is 11.0 Å². The average Bonchev–Trinajstić information content (AvgIpc) is 3.00. The molecule has 6 heteroatoms. The number of hydrogen-bond acceptors (Lipinski definition) is 3. The fourth-order valence-corrected chi connectivity index (χ4v) is 3.34. The van der Waals surface area contributed by atoms with Gasteiger partial charge in [-0.15, -0.1) is 5.10 Å². The first kappa shape index (κ1) is 14.5. The second-order valence-corrected chi connectivity index (χ2v) is 6.47. The van der Waals surface area contributed by atoms with Gasteiger partial charge in [0.25, 0.3) is 0 Å². The molecule has 0 N–H and O–H groups in total. The normalized spacial score (nSPS) is 13.6. The van der Waals surface area contributed by atoms with E-state index in [2.05, 4.69) is 16.2 Å². The third-order valence-corrected chi connectivity index (χ3v) is 4.64. The molecule has 0 aliphatic carbocycles. The van der Waals surface area contributed by atoms with Gasteiger partial charge in [-0.25, -0.2) is 14.1 Å². The lowest BCUT2D eigenvalue weighted by atomic mass is 10.1. The zero-order valence-corrected chi connectivity index (χ0v) is 13.5. The highest BCUT2D eigenvalue weighted by atomic mass is 35.5. The van der Waals surface area contributed by atoms with Gasteiger partial charge in [0.2, 0.25) is 0 Å². The summed E-state index contributed by atoms with van der Waals surface area (Å²) in [6.45, 7) is 0. The van der Waals surface area contributed by atoms with Crippen LogP contribution in [0.4, 0.5) is 4.39 Å². The summed E-state index contributed by atoms with van der Waals surface area (Å²) >= 11 is 7.58. The summed E-state index contributed by atoms with van der Waals surface area (Å²) in [5, 5.41) is 6.12. The van der Waals surface area contributed by atoms with Crippen LogP contribution in [-0.2, 0) is 0 Å². The number of aromatic nitrogens is 3. The predicted octanol–water partition coefficient (Wildman–Crippen LogP) is 4.73. The van der Waals surface area contributed by atoms with Crippen molar-refractivity contribution in [1.82, 2.24) is 14.8 Å². The molecule has 1 aliphatic heterocycles. The van der Waals surface area contributed by atoms with Crippen molar-refractivity contribution in [1.29, 1.82) is 0 Å². The minimum absolute atomic E-state index is 0.270. The Kier molecular flexibility index (Phi) is 3.67. The molecule has 114 valence electrons. The molecule has 1 aliphatic rings. The Morgan fingerprint density at radius 3 is 2.43 bits per heavy atom. The first-order valence-electron chi connectivity index (χ1n) is 7.03. The molecule has 3 nitrogen and oxygen atoms in total. The van der Waals surface area contributed by atoms with Gasteiger partial charge < -0.3 is 0 Å². The molecule has 2 aromatic carbocycles. The van der Waals surface area contributed by atoms with Crippen molar-refractivity contribution < 1.29 is 4.39 Å². The van der Waals surface area contributed by atoms with Gasteiger partial charge in [-0.05, 0) is 42.5 Å². The van der Waals surface area contributed by atoms with Gasteiger partial charge in [0.1, 0.15) is 5.82 Å². The van der Waals surface area contributed by atoms with E-state index in [4.69, 9.17) is 11.6 Å². The Morgan fingerprint density at radius 1 is 1.00 bits per heavy atom. The standard InChI is InChI=1S/C17H11ClFN3S/c18-13-5-1-11(2-6-13)15-9-10-23-17-20-16(21-22(15)17)12-3-7-14(19)8-4-12/h1-9H,10H2. The first-order chi connectivity index (χ1) is 11.2. The van der Waals surface area contributed by atoms with Gasteiger partial charge in [-0.2, -0.15) is 0 Å². The predicted molar refractivity (Wildman–Crippen MR) is 91.0 cm³/mol. The third-order valence-electron chi connectivity index (χ3n) is 3.54. The van der Waals surface area contributed by atoms with E-state index in [0.717, 1.165) is 27.7 Å². The van der Waals surface area contributed by atoms with E-state index in [1.54, 1.807) is 23.9 Å². The molecule has 23 heavy (non-hydrogen) atoms. The minimum Gasteiger partial charge on any atom is -0.207 e. The number of rotatable bonds is 2. The largest absolute Gasteiger partial charge is 0.207 e. The van der Waals surface area contributed by atoms with Crippen LogP contribution in [0.1, 0.15) is 5.56 Å². The molecular weight excluding hydrogens is 333 g/mol. The lowest BCUT2D eigenvalue weighted by Crippen LogP contribution is -2.07. The van der Waals surface area contributed by atoms with Crippen LogP contribution in [-0.4, -0.2) is 20.5 Å². The Balaban J connectivity index is 1.76. The van der Waals surface area contributed by atoms with Gasteiger partial charge in [-0.3, -0.25) is 0 Å². The van der Waals surface area contributed by atoms with Crippen molar-refractivity contribution in [2.24, 2.45) is 0 Å². The summed E-state index contributed by atoms with van der Waals surface area (Å²) < 4.78 is 14.9. The molecule has 0 atom stereocenters. The Hall–Kier alpha value is -2.11.